The molecule has 0 aliphatic heterocycles. The van der Waals surface area contributed by atoms with Crippen LogP contribution in [0.1, 0.15) is 38.7 Å². The van der Waals surface area contributed by atoms with Gasteiger partial charge in [0.2, 0.25) is 0 Å². The molecule has 4 nitrogen and oxygen atoms in total. The highest BCUT2D eigenvalue weighted by molar-refractivity contribution is 5.95. The van der Waals surface area contributed by atoms with E-state index in [0.29, 0.717) is 12.3 Å². The molecule has 0 radical (unpaired) electrons. The Kier molecular flexibility index (Phi) is 6.36. The lowest BCUT2D eigenvalue weighted by molar-refractivity contribution is -0.126. The fourth-order valence-electron chi connectivity index (χ4n) is 1.71. The van der Waals surface area contributed by atoms with Gasteiger partial charge in [-0.2, -0.15) is 0 Å². The van der Waals surface area contributed by atoms with Gasteiger partial charge in [-0.15, -0.1) is 0 Å². The molecule has 0 heterocycles. The number of hydrogen-bond donors (Lipinski definition) is 2. The Morgan fingerprint density at radius 1 is 1.42 bits per heavy atom. The fourth-order valence-corrected chi connectivity index (χ4v) is 1.71. The molecule has 1 aromatic rings. The van der Waals surface area contributed by atoms with E-state index in [0.717, 1.165) is 30.5 Å². The minimum Gasteiger partial charge on any atom is -0.398 e. The number of unbranched alkanes of at least 4 members (excludes halogenated alkanes) is 2. The normalized spacial score (nSPS) is 12.2. The van der Waals surface area contributed by atoms with Gasteiger partial charge in [-0.1, -0.05) is 25.8 Å². The largest absolute Gasteiger partial charge is 0.398 e. The first kappa shape index (κ1) is 15.5. The van der Waals surface area contributed by atoms with Gasteiger partial charge >= 0.3 is 0 Å². The summed E-state index contributed by atoms with van der Waals surface area (Å²) in [5.74, 6) is -0.134. The molecule has 4 heteroatoms. The second-order valence-electron chi connectivity index (χ2n) is 4.73. The van der Waals surface area contributed by atoms with Gasteiger partial charge in [-0.25, -0.2) is 0 Å². The quantitative estimate of drug-likeness (QED) is 0.587. The summed E-state index contributed by atoms with van der Waals surface area (Å²) in [5, 5.41) is 2.85. The highest BCUT2D eigenvalue weighted by Crippen LogP contribution is 2.20. The van der Waals surface area contributed by atoms with Gasteiger partial charge in [0.15, 0.2) is 0 Å². The second-order valence-corrected chi connectivity index (χ2v) is 4.73. The number of nitrogens with two attached hydrogens (primary N) is 1. The zero-order valence-electron chi connectivity index (χ0n) is 12.0. The van der Waals surface area contributed by atoms with Crippen molar-refractivity contribution in [3.63, 3.8) is 0 Å². The lowest BCUT2D eigenvalue weighted by atomic mass is 10.1. The van der Waals surface area contributed by atoms with Crippen LogP contribution in [0.2, 0.25) is 0 Å². The Balaban J connectivity index is 2.47. The van der Waals surface area contributed by atoms with Crippen molar-refractivity contribution < 1.29 is 9.53 Å². The molecule has 1 atom stereocenters. The molecule has 0 saturated carbocycles. The number of benzene rings is 1. The summed E-state index contributed by atoms with van der Waals surface area (Å²) in [7, 11) is 0. The summed E-state index contributed by atoms with van der Waals surface area (Å²) in [6.07, 6.45) is 2.82. The van der Waals surface area contributed by atoms with Crippen LogP contribution in [0.15, 0.2) is 18.2 Å². The smallest absolute Gasteiger partial charge is 0.253 e. The van der Waals surface area contributed by atoms with Gasteiger partial charge < -0.3 is 15.8 Å². The number of carbonyl (C=O) groups excluding carboxylic acids is 1. The lowest BCUT2D eigenvalue weighted by Crippen LogP contribution is -2.28. The summed E-state index contributed by atoms with van der Waals surface area (Å²) in [6, 6.07) is 5.48. The first-order valence-electron chi connectivity index (χ1n) is 6.83. The van der Waals surface area contributed by atoms with Crippen molar-refractivity contribution in [2.75, 3.05) is 17.7 Å². The van der Waals surface area contributed by atoms with Crippen LogP contribution < -0.4 is 11.1 Å². The molecule has 0 fully saturated rings. The van der Waals surface area contributed by atoms with E-state index in [1.807, 2.05) is 25.1 Å². The van der Waals surface area contributed by atoms with E-state index in [-0.39, 0.29) is 5.91 Å². The highest BCUT2D eigenvalue weighted by Gasteiger charge is 2.14. The number of nitrogen functional groups attached to an aromatic ring is 1. The zero-order chi connectivity index (χ0) is 14.3. The van der Waals surface area contributed by atoms with E-state index in [4.69, 9.17) is 10.5 Å². The molecular weight excluding hydrogens is 240 g/mol. The summed E-state index contributed by atoms with van der Waals surface area (Å²) in [4.78, 5) is 12.0. The van der Waals surface area contributed by atoms with Crippen LogP contribution in [0.5, 0.6) is 0 Å². The molecular formula is C15H24N2O2. The van der Waals surface area contributed by atoms with E-state index >= 15 is 0 Å². The minimum atomic E-state index is -0.447. The molecule has 0 aliphatic carbocycles. The Morgan fingerprint density at radius 3 is 2.84 bits per heavy atom. The number of hydrogen-bond acceptors (Lipinski definition) is 3. The third-order valence-electron chi connectivity index (χ3n) is 3.12. The predicted molar refractivity (Wildman–Crippen MR) is 79.2 cm³/mol. The number of nitrogens with one attached hydrogen (secondary N) is 1. The van der Waals surface area contributed by atoms with Gasteiger partial charge in [-0.05, 0) is 38.0 Å². The van der Waals surface area contributed by atoms with Crippen LogP contribution in [-0.2, 0) is 9.53 Å². The number of carbonyl (C=O) groups is 1. The van der Waals surface area contributed by atoms with E-state index in [1.54, 1.807) is 6.92 Å². The van der Waals surface area contributed by atoms with Gasteiger partial charge in [0.25, 0.3) is 5.91 Å². The van der Waals surface area contributed by atoms with Crippen molar-refractivity contribution in [1.82, 2.24) is 0 Å². The van der Waals surface area contributed by atoms with Crippen LogP contribution in [0.3, 0.4) is 0 Å². The Morgan fingerprint density at radius 2 is 2.16 bits per heavy atom. The maximum absolute atomic E-state index is 12.0. The molecule has 0 aliphatic rings. The molecule has 0 bridgehead atoms. The Labute approximate surface area is 115 Å². The monoisotopic (exact) mass is 264 g/mol. The Hall–Kier alpha value is -1.55. The fraction of sp³-hybridized carbons (Fsp3) is 0.533. The highest BCUT2D eigenvalue weighted by atomic mass is 16.5. The van der Waals surface area contributed by atoms with Crippen LogP contribution in [0, 0.1) is 6.92 Å². The first-order valence-corrected chi connectivity index (χ1v) is 6.83. The van der Waals surface area contributed by atoms with Gasteiger partial charge in [0, 0.05) is 18.0 Å². The van der Waals surface area contributed by atoms with Gasteiger partial charge in [0.05, 0.1) is 0 Å². The molecule has 1 unspecified atom stereocenters. The number of ether oxygens (including phenoxy) is 1. The summed E-state index contributed by atoms with van der Waals surface area (Å²) in [6.45, 7) is 6.41. The maximum atomic E-state index is 12.0. The van der Waals surface area contributed by atoms with E-state index in [2.05, 4.69) is 12.2 Å². The Bertz CT molecular complexity index is 419. The topological polar surface area (TPSA) is 64.3 Å². The third kappa shape index (κ3) is 4.91. The van der Waals surface area contributed by atoms with Gasteiger partial charge in [0.1, 0.15) is 6.10 Å². The summed E-state index contributed by atoms with van der Waals surface area (Å²) in [5.41, 5.74) is 8.11. The summed E-state index contributed by atoms with van der Waals surface area (Å²) < 4.78 is 5.50. The van der Waals surface area contributed by atoms with Crippen molar-refractivity contribution in [3.05, 3.63) is 23.8 Å². The van der Waals surface area contributed by atoms with E-state index in [1.165, 1.54) is 0 Å². The molecule has 3 N–H and O–H groups in total. The number of rotatable bonds is 7. The third-order valence-corrected chi connectivity index (χ3v) is 3.12. The van der Waals surface area contributed by atoms with Crippen LogP contribution in [-0.4, -0.2) is 18.6 Å². The summed E-state index contributed by atoms with van der Waals surface area (Å²) >= 11 is 0. The average molecular weight is 264 g/mol. The zero-order valence-corrected chi connectivity index (χ0v) is 12.0. The number of anilines is 2. The molecule has 1 rings (SSSR count). The number of amides is 1. The molecule has 0 aromatic heterocycles. The van der Waals surface area contributed by atoms with Crippen LogP contribution >= 0.6 is 0 Å². The van der Waals surface area contributed by atoms with Crippen LogP contribution in [0.25, 0.3) is 0 Å². The van der Waals surface area contributed by atoms with Crippen molar-refractivity contribution in [2.24, 2.45) is 0 Å². The van der Waals surface area contributed by atoms with Crippen molar-refractivity contribution in [3.8, 4) is 0 Å². The van der Waals surface area contributed by atoms with Gasteiger partial charge in [-0.3, -0.25) is 4.79 Å². The second kappa shape index (κ2) is 7.79. The SMILES string of the molecule is CCCCCOC(C)C(=O)Nc1cccc(N)c1C. The molecule has 1 aromatic carbocycles. The molecule has 0 saturated heterocycles. The van der Waals surface area contributed by atoms with E-state index in [9.17, 15) is 4.79 Å². The van der Waals surface area contributed by atoms with Crippen molar-refractivity contribution in [1.29, 1.82) is 0 Å². The predicted octanol–water partition coefficient (Wildman–Crippen LogP) is 3.11. The molecule has 0 spiro atoms. The van der Waals surface area contributed by atoms with Crippen LogP contribution in [0.4, 0.5) is 11.4 Å². The first-order chi connectivity index (χ1) is 9.06. The van der Waals surface area contributed by atoms with Crippen molar-refractivity contribution in [2.45, 2.75) is 46.1 Å². The molecule has 1 amide bonds. The maximum Gasteiger partial charge on any atom is 0.253 e. The molecule has 106 valence electrons. The average Bonchev–Trinajstić information content (AvgIpc) is 2.39. The van der Waals surface area contributed by atoms with E-state index < -0.39 is 6.10 Å². The standard InChI is InChI=1S/C15H24N2O2/c1-4-5-6-10-19-12(3)15(18)17-14-9-7-8-13(16)11(14)2/h7-9,12H,4-6,10,16H2,1-3H3,(H,17,18). The minimum absolute atomic E-state index is 0.134. The lowest BCUT2D eigenvalue weighted by Gasteiger charge is -2.15. The molecule has 19 heavy (non-hydrogen) atoms. The van der Waals surface area contributed by atoms with Crippen molar-refractivity contribution >= 4 is 17.3 Å².